The number of hydrogen-bond donors (Lipinski definition) is 2. The Labute approximate surface area is 121 Å². The third kappa shape index (κ3) is 3.33. The Morgan fingerprint density at radius 1 is 1.40 bits per heavy atom. The van der Waals surface area contributed by atoms with Crippen molar-refractivity contribution >= 4 is 28.9 Å². The van der Waals surface area contributed by atoms with Crippen molar-refractivity contribution < 1.29 is 14.3 Å². The van der Waals surface area contributed by atoms with Crippen LogP contribution in [0.4, 0.5) is 0 Å². The lowest BCUT2D eigenvalue weighted by molar-refractivity contribution is -0.115. The zero-order chi connectivity index (χ0) is 14.5. The molecule has 1 aromatic carbocycles. The van der Waals surface area contributed by atoms with Crippen LogP contribution in [0.5, 0.6) is 11.5 Å². The third-order valence-electron chi connectivity index (χ3n) is 2.61. The standard InChI is InChI=1S/C14H16N2O3S/c1-3-6-19-11-7-9(4-5-10(11)18-2)8-12-13(17)16-14(15)20-12/h4-5,7-8H,3,6H2,1-2H3,(H2,15,16,17). The lowest BCUT2D eigenvalue weighted by Crippen LogP contribution is -2.18. The fourth-order valence-electron chi connectivity index (χ4n) is 1.70. The lowest BCUT2D eigenvalue weighted by Gasteiger charge is -2.10. The quantitative estimate of drug-likeness (QED) is 0.818. The van der Waals surface area contributed by atoms with E-state index in [1.165, 1.54) is 0 Å². The van der Waals surface area contributed by atoms with Gasteiger partial charge in [-0.25, -0.2) is 0 Å². The van der Waals surface area contributed by atoms with Crippen molar-refractivity contribution in [2.75, 3.05) is 13.7 Å². The van der Waals surface area contributed by atoms with E-state index in [2.05, 4.69) is 5.32 Å². The maximum atomic E-state index is 11.6. The molecule has 1 aliphatic rings. The Morgan fingerprint density at radius 3 is 2.80 bits per heavy atom. The fourth-order valence-corrected chi connectivity index (χ4v) is 2.40. The first kappa shape index (κ1) is 14.5. The highest BCUT2D eigenvalue weighted by molar-refractivity contribution is 8.18. The maximum absolute atomic E-state index is 11.6. The average Bonchev–Trinajstić information content (AvgIpc) is 2.75. The molecule has 2 N–H and O–H groups in total. The molecule has 0 radical (unpaired) electrons. The summed E-state index contributed by atoms with van der Waals surface area (Å²) in [7, 11) is 1.59. The summed E-state index contributed by atoms with van der Waals surface area (Å²) in [5.74, 6) is 1.07. The van der Waals surface area contributed by atoms with Gasteiger partial charge >= 0.3 is 0 Å². The molecule has 1 fully saturated rings. The Bertz CT molecular complexity index is 570. The predicted octanol–water partition coefficient (Wildman–Crippen LogP) is 2.62. The maximum Gasteiger partial charge on any atom is 0.264 e. The van der Waals surface area contributed by atoms with E-state index in [-0.39, 0.29) is 11.1 Å². The van der Waals surface area contributed by atoms with Crippen LogP contribution in [0.1, 0.15) is 18.9 Å². The molecule has 0 bridgehead atoms. The van der Waals surface area contributed by atoms with E-state index in [1.54, 1.807) is 19.3 Å². The van der Waals surface area contributed by atoms with E-state index in [4.69, 9.17) is 14.9 Å². The Kier molecular flexibility index (Phi) is 4.68. The second-order valence-electron chi connectivity index (χ2n) is 4.15. The number of thioether (sulfide) groups is 1. The molecule has 1 aromatic rings. The van der Waals surface area contributed by atoms with Gasteiger partial charge in [0.15, 0.2) is 16.7 Å². The molecular formula is C14H16N2O3S. The van der Waals surface area contributed by atoms with Gasteiger partial charge in [-0.1, -0.05) is 13.0 Å². The van der Waals surface area contributed by atoms with Crippen LogP contribution in [0, 0.1) is 5.41 Å². The Balaban J connectivity index is 2.26. The van der Waals surface area contributed by atoms with Crippen molar-refractivity contribution in [3.8, 4) is 11.5 Å². The van der Waals surface area contributed by atoms with E-state index in [0.29, 0.717) is 23.0 Å². The largest absolute Gasteiger partial charge is 0.493 e. The zero-order valence-electron chi connectivity index (χ0n) is 11.4. The minimum atomic E-state index is -0.244. The molecule has 2 rings (SSSR count). The predicted molar refractivity (Wildman–Crippen MR) is 80.2 cm³/mol. The van der Waals surface area contributed by atoms with Gasteiger partial charge in [0.05, 0.1) is 18.6 Å². The highest BCUT2D eigenvalue weighted by Gasteiger charge is 2.22. The van der Waals surface area contributed by atoms with Crippen LogP contribution in [0.25, 0.3) is 6.08 Å². The van der Waals surface area contributed by atoms with Crippen molar-refractivity contribution in [3.63, 3.8) is 0 Å². The molecule has 0 atom stereocenters. The first-order valence-electron chi connectivity index (χ1n) is 6.24. The van der Waals surface area contributed by atoms with Crippen LogP contribution in [-0.2, 0) is 4.79 Å². The molecule has 1 heterocycles. The van der Waals surface area contributed by atoms with Crippen LogP contribution in [0.2, 0.25) is 0 Å². The number of benzene rings is 1. The van der Waals surface area contributed by atoms with Gasteiger partial charge < -0.3 is 14.8 Å². The second-order valence-corrected chi connectivity index (χ2v) is 5.20. The number of amidine groups is 1. The molecule has 0 spiro atoms. The Hall–Kier alpha value is -1.95. The monoisotopic (exact) mass is 292 g/mol. The first-order valence-corrected chi connectivity index (χ1v) is 7.06. The minimum Gasteiger partial charge on any atom is -0.493 e. The SMILES string of the molecule is CCCOc1cc(C=C2SC(=N)NC2=O)ccc1OC. The summed E-state index contributed by atoms with van der Waals surface area (Å²) in [5.41, 5.74) is 0.837. The van der Waals surface area contributed by atoms with Crippen molar-refractivity contribution in [1.29, 1.82) is 5.41 Å². The molecule has 106 valence electrons. The van der Waals surface area contributed by atoms with Gasteiger partial charge in [-0.15, -0.1) is 0 Å². The van der Waals surface area contributed by atoms with Gasteiger partial charge in [-0.05, 0) is 42.0 Å². The summed E-state index contributed by atoms with van der Waals surface area (Å²) < 4.78 is 10.9. The van der Waals surface area contributed by atoms with Gasteiger partial charge in [0, 0.05) is 0 Å². The summed E-state index contributed by atoms with van der Waals surface area (Å²) in [6.07, 6.45) is 2.64. The summed E-state index contributed by atoms with van der Waals surface area (Å²) in [6.45, 7) is 2.64. The molecule has 0 unspecified atom stereocenters. The summed E-state index contributed by atoms with van der Waals surface area (Å²) in [5, 5.41) is 10.0. The Morgan fingerprint density at radius 2 is 2.20 bits per heavy atom. The molecule has 1 saturated heterocycles. The minimum absolute atomic E-state index is 0.150. The number of methoxy groups -OCH3 is 1. The number of hydrogen-bond acceptors (Lipinski definition) is 5. The number of nitrogens with one attached hydrogen (secondary N) is 2. The molecule has 6 heteroatoms. The highest BCUT2D eigenvalue weighted by atomic mass is 32.2. The van der Waals surface area contributed by atoms with Gasteiger partial charge in [-0.3, -0.25) is 10.2 Å². The number of carbonyl (C=O) groups excluding carboxylic acids is 1. The lowest BCUT2D eigenvalue weighted by atomic mass is 10.2. The fraction of sp³-hybridized carbons (Fsp3) is 0.286. The molecule has 0 saturated carbocycles. The molecular weight excluding hydrogens is 276 g/mol. The van der Waals surface area contributed by atoms with Gasteiger partial charge in [0.2, 0.25) is 0 Å². The zero-order valence-corrected chi connectivity index (χ0v) is 12.2. The number of rotatable bonds is 5. The third-order valence-corrected chi connectivity index (χ3v) is 3.44. The topological polar surface area (TPSA) is 71.4 Å². The van der Waals surface area contributed by atoms with E-state index >= 15 is 0 Å². The van der Waals surface area contributed by atoms with Gasteiger partial charge in [-0.2, -0.15) is 0 Å². The van der Waals surface area contributed by atoms with Crippen molar-refractivity contribution in [2.45, 2.75) is 13.3 Å². The molecule has 0 aromatic heterocycles. The van der Waals surface area contributed by atoms with Crippen molar-refractivity contribution in [3.05, 3.63) is 28.7 Å². The first-order chi connectivity index (χ1) is 9.63. The van der Waals surface area contributed by atoms with E-state index in [0.717, 1.165) is 23.7 Å². The van der Waals surface area contributed by atoms with E-state index in [1.807, 2.05) is 19.1 Å². The number of ether oxygens (including phenoxy) is 2. The molecule has 5 nitrogen and oxygen atoms in total. The van der Waals surface area contributed by atoms with Crippen LogP contribution in [-0.4, -0.2) is 24.8 Å². The number of carbonyl (C=O) groups is 1. The van der Waals surface area contributed by atoms with Crippen LogP contribution in [0.3, 0.4) is 0 Å². The van der Waals surface area contributed by atoms with Crippen LogP contribution >= 0.6 is 11.8 Å². The molecule has 20 heavy (non-hydrogen) atoms. The van der Waals surface area contributed by atoms with Crippen LogP contribution < -0.4 is 14.8 Å². The van der Waals surface area contributed by atoms with Crippen molar-refractivity contribution in [2.24, 2.45) is 0 Å². The second kappa shape index (κ2) is 6.47. The van der Waals surface area contributed by atoms with Gasteiger partial charge in [0.25, 0.3) is 5.91 Å². The molecule has 1 amide bonds. The summed E-state index contributed by atoms with van der Waals surface area (Å²) in [4.78, 5) is 12.1. The summed E-state index contributed by atoms with van der Waals surface area (Å²) >= 11 is 1.11. The van der Waals surface area contributed by atoms with Gasteiger partial charge in [0.1, 0.15) is 0 Å². The molecule has 0 aliphatic carbocycles. The smallest absolute Gasteiger partial charge is 0.264 e. The van der Waals surface area contributed by atoms with Crippen LogP contribution in [0.15, 0.2) is 23.1 Å². The normalized spacial score (nSPS) is 16.4. The van der Waals surface area contributed by atoms with E-state index < -0.39 is 0 Å². The molecule has 1 aliphatic heterocycles. The summed E-state index contributed by atoms with van der Waals surface area (Å²) in [6, 6.07) is 5.48. The van der Waals surface area contributed by atoms with E-state index in [9.17, 15) is 4.79 Å². The van der Waals surface area contributed by atoms with Crippen molar-refractivity contribution in [1.82, 2.24) is 5.32 Å². The average molecular weight is 292 g/mol. The number of amides is 1. The highest BCUT2D eigenvalue weighted by Crippen LogP contribution is 2.31.